The highest BCUT2D eigenvalue weighted by molar-refractivity contribution is 6.04. The van der Waals surface area contributed by atoms with Crippen LogP contribution in [0.2, 0.25) is 0 Å². The van der Waals surface area contributed by atoms with E-state index in [1.54, 1.807) is 19.1 Å². The van der Waals surface area contributed by atoms with Gasteiger partial charge in [-0.15, -0.1) is 0 Å². The van der Waals surface area contributed by atoms with Crippen LogP contribution in [0.4, 0.5) is 11.4 Å². The van der Waals surface area contributed by atoms with E-state index in [4.69, 9.17) is 9.47 Å². The monoisotopic (exact) mass is 420 g/mol. The molecule has 0 atom stereocenters. The minimum absolute atomic E-state index is 0.0565. The van der Waals surface area contributed by atoms with Gasteiger partial charge in [0.1, 0.15) is 11.5 Å². The van der Waals surface area contributed by atoms with E-state index in [2.05, 4.69) is 5.32 Å². The van der Waals surface area contributed by atoms with Gasteiger partial charge in [-0.25, -0.2) is 4.79 Å². The molecule has 0 saturated heterocycles. The van der Waals surface area contributed by atoms with Gasteiger partial charge < -0.3 is 14.8 Å². The summed E-state index contributed by atoms with van der Waals surface area (Å²) in [5, 5.41) is 13.6. The summed E-state index contributed by atoms with van der Waals surface area (Å²) >= 11 is 0. The quantitative estimate of drug-likeness (QED) is 0.262. The number of carbonyl (C=O) groups is 2. The molecule has 1 amide bonds. The summed E-state index contributed by atoms with van der Waals surface area (Å²) in [5.74, 6) is -0.306. The molecule has 3 aromatic carbocycles. The molecule has 0 radical (unpaired) electrons. The van der Waals surface area contributed by atoms with Crippen LogP contribution in [0.25, 0.3) is 0 Å². The molecule has 0 spiro atoms. The minimum Gasteiger partial charge on any atom is -0.482 e. The molecule has 0 aliphatic rings. The van der Waals surface area contributed by atoms with E-state index in [-0.39, 0.29) is 24.0 Å². The molecule has 8 nitrogen and oxygen atoms in total. The Morgan fingerprint density at radius 1 is 0.968 bits per heavy atom. The highest BCUT2D eigenvalue weighted by Crippen LogP contribution is 2.23. The van der Waals surface area contributed by atoms with Crippen LogP contribution in [0.3, 0.4) is 0 Å². The number of nitro groups is 1. The number of anilines is 1. The fourth-order valence-electron chi connectivity index (χ4n) is 2.72. The van der Waals surface area contributed by atoms with Crippen LogP contribution < -0.4 is 14.8 Å². The fourth-order valence-corrected chi connectivity index (χ4v) is 2.72. The van der Waals surface area contributed by atoms with Gasteiger partial charge in [-0.1, -0.05) is 17.7 Å². The van der Waals surface area contributed by atoms with Crippen LogP contribution in [-0.2, 0) is 4.79 Å². The van der Waals surface area contributed by atoms with Crippen LogP contribution in [0.5, 0.6) is 11.5 Å². The number of hydrogen-bond donors (Lipinski definition) is 1. The maximum absolute atomic E-state index is 12.3. The number of hydrogen-bond acceptors (Lipinski definition) is 6. The third-order valence-electron chi connectivity index (χ3n) is 4.37. The van der Waals surface area contributed by atoms with Crippen LogP contribution in [0.1, 0.15) is 21.5 Å². The Labute approximate surface area is 178 Å². The number of nitro benzene ring substituents is 1. The summed E-state index contributed by atoms with van der Waals surface area (Å²) in [6.07, 6.45) is 0. The number of amides is 1. The van der Waals surface area contributed by atoms with Crippen LogP contribution in [0.15, 0.2) is 66.7 Å². The minimum atomic E-state index is -0.644. The molecule has 158 valence electrons. The van der Waals surface area contributed by atoms with E-state index in [1.807, 2.05) is 31.2 Å². The van der Waals surface area contributed by atoms with E-state index in [1.165, 1.54) is 30.3 Å². The van der Waals surface area contributed by atoms with E-state index >= 15 is 0 Å². The van der Waals surface area contributed by atoms with Crippen molar-refractivity contribution < 1.29 is 24.0 Å². The lowest BCUT2D eigenvalue weighted by Gasteiger charge is -2.09. The Hall–Kier alpha value is -4.20. The molecule has 0 heterocycles. The third-order valence-corrected chi connectivity index (χ3v) is 4.37. The number of carbonyl (C=O) groups excluding carboxylic acids is 2. The van der Waals surface area contributed by atoms with E-state index < -0.39 is 10.9 Å². The molecular formula is C23H20N2O6. The average Bonchev–Trinajstić information content (AvgIpc) is 2.75. The largest absolute Gasteiger partial charge is 0.482 e. The number of nitrogens with one attached hydrogen (secondary N) is 1. The molecule has 1 N–H and O–H groups in total. The number of aryl methyl sites for hydroxylation is 2. The lowest BCUT2D eigenvalue weighted by molar-refractivity contribution is -0.384. The maximum Gasteiger partial charge on any atom is 0.349 e. The summed E-state index contributed by atoms with van der Waals surface area (Å²) in [4.78, 5) is 34.6. The zero-order valence-corrected chi connectivity index (χ0v) is 17.0. The standard InChI is InChI=1S/C23H20N2O6/c1-15-3-7-18(8-4-15)24-23(27)17-5-10-20(11-6-17)31-22(26)14-30-21-12-9-19(25(28)29)13-16(21)2/h3-13H,14H2,1-2H3,(H,24,27). The van der Waals surface area contributed by atoms with Crippen molar-refractivity contribution in [3.05, 3.63) is 93.5 Å². The Kier molecular flexibility index (Phi) is 6.61. The second-order valence-corrected chi connectivity index (χ2v) is 6.81. The van der Waals surface area contributed by atoms with Gasteiger partial charge in [0.25, 0.3) is 11.6 Å². The molecule has 0 unspecified atom stereocenters. The van der Waals surface area contributed by atoms with Gasteiger partial charge in [0.15, 0.2) is 6.61 Å². The summed E-state index contributed by atoms with van der Waals surface area (Å²) < 4.78 is 10.6. The van der Waals surface area contributed by atoms with Crippen molar-refractivity contribution in [2.45, 2.75) is 13.8 Å². The van der Waals surface area contributed by atoms with Gasteiger partial charge in [0, 0.05) is 23.4 Å². The SMILES string of the molecule is Cc1ccc(NC(=O)c2ccc(OC(=O)COc3ccc([N+](=O)[O-])cc3C)cc2)cc1. The second kappa shape index (κ2) is 9.53. The molecule has 8 heteroatoms. The number of esters is 1. The summed E-state index contributed by atoms with van der Waals surface area (Å²) in [5.41, 5.74) is 2.67. The predicted molar refractivity (Wildman–Crippen MR) is 115 cm³/mol. The van der Waals surface area contributed by atoms with E-state index in [0.717, 1.165) is 5.56 Å². The Balaban J connectivity index is 1.53. The first-order valence-corrected chi connectivity index (χ1v) is 9.38. The maximum atomic E-state index is 12.3. The Bertz CT molecular complexity index is 1110. The molecule has 0 aliphatic heterocycles. The summed E-state index contributed by atoms with van der Waals surface area (Å²) in [6.45, 7) is 3.24. The van der Waals surface area contributed by atoms with Crippen molar-refractivity contribution in [1.82, 2.24) is 0 Å². The lowest BCUT2D eigenvalue weighted by Crippen LogP contribution is -2.18. The van der Waals surface area contributed by atoms with Gasteiger partial charge in [-0.3, -0.25) is 14.9 Å². The highest BCUT2D eigenvalue weighted by atomic mass is 16.6. The van der Waals surface area contributed by atoms with Crippen molar-refractivity contribution in [3.8, 4) is 11.5 Å². The summed E-state index contributed by atoms with van der Waals surface area (Å²) in [7, 11) is 0. The van der Waals surface area contributed by atoms with Gasteiger partial charge in [0.2, 0.25) is 0 Å². The van der Waals surface area contributed by atoms with Crippen molar-refractivity contribution in [1.29, 1.82) is 0 Å². The second-order valence-electron chi connectivity index (χ2n) is 6.81. The first-order valence-electron chi connectivity index (χ1n) is 9.38. The first-order chi connectivity index (χ1) is 14.8. The van der Waals surface area contributed by atoms with Crippen molar-refractivity contribution in [2.75, 3.05) is 11.9 Å². The lowest BCUT2D eigenvalue weighted by atomic mass is 10.2. The van der Waals surface area contributed by atoms with Crippen molar-refractivity contribution in [3.63, 3.8) is 0 Å². The molecular weight excluding hydrogens is 400 g/mol. The molecule has 0 saturated carbocycles. The number of ether oxygens (including phenoxy) is 2. The molecule has 0 aliphatic carbocycles. The average molecular weight is 420 g/mol. The Morgan fingerprint density at radius 2 is 1.65 bits per heavy atom. The molecule has 31 heavy (non-hydrogen) atoms. The first kappa shape index (κ1) is 21.5. The van der Waals surface area contributed by atoms with Crippen LogP contribution >= 0.6 is 0 Å². The molecule has 3 rings (SSSR count). The molecule has 0 aromatic heterocycles. The highest BCUT2D eigenvalue weighted by Gasteiger charge is 2.12. The van der Waals surface area contributed by atoms with Crippen molar-refractivity contribution in [2.24, 2.45) is 0 Å². The van der Waals surface area contributed by atoms with E-state index in [0.29, 0.717) is 22.6 Å². The smallest absolute Gasteiger partial charge is 0.349 e. The van der Waals surface area contributed by atoms with Gasteiger partial charge in [-0.05, 0) is 61.9 Å². The fraction of sp³-hybridized carbons (Fsp3) is 0.130. The summed E-state index contributed by atoms with van der Waals surface area (Å²) in [6, 6.07) is 17.7. The number of nitrogens with zero attached hydrogens (tertiary/aromatic N) is 1. The number of benzene rings is 3. The number of non-ortho nitro benzene ring substituents is 1. The zero-order valence-electron chi connectivity index (χ0n) is 17.0. The number of rotatable bonds is 7. The Morgan fingerprint density at radius 3 is 2.26 bits per heavy atom. The van der Waals surface area contributed by atoms with Gasteiger partial charge >= 0.3 is 5.97 Å². The van der Waals surface area contributed by atoms with Gasteiger partial charge in [0.05, 0.1) is 4.92 Å². The molecule has 0 bridgehead atoms. The van der Waals surface area contributed by atoms with Crippen LogP contribution in [0, 0.1) is 24.0 Å². The normalized spacial score (nSPS) is 10.3. The molecule has 0 fully saturated rings. The predicted octanol–water partition coefficient (Wildman–Crippen LogP) is 4.45. The topological polar surface area (TPSA) is 108 Å². The third kappa shape index (κ3) is 5.89. The molecule has 3 aromatic rings. The zero-order chi connectivity index (χ0) is 22.4. The van der Waals surface area contributed by atoms with Crippen molar-refractivity contribution >= 4 is 23.3 Å². The van der Waals surface area contributed by atoms with Crippen LogP contribution in [-0.4, -0.2) is 23.4 Å². The van der Waals surface area contributed by atoms with Gasteiger partial charge in [-0.2, -0.15) is 0 Å². The van der Waals surface area contributed by atoms with E-state index in [9.17, 15) is 19.7 Å².